The summed E-state index contributed by atoms with van der Waals surface area (Å²) in [5.41, 5.74) is -0.197. The molecule has 2 atom stereocenters. The van der Waals surface area contributed by atoms with Crippen LogP contribution in [0.2, 0.25) is 0 Å². The number of halogens is 2. The van der Waals surface area contributed by atoms with Gasteiger partial charge in [0, 0.05) is 10.6 Å². The zero-order valence-electron chi connectivity index (χ0n) is 11.8. The zero-order chi connectivity index (χ0) is 14.5. The summed E-state index contributed by atoms with van der Waals surface area (Å²) in [7, 11) is 0. The first-order valence-corrected chi connectivity index (χ1v) is 6.78. The molecule has 0 saturated heterocycles. The van der Waals surface area contributed by atoms with E-state index in [9.17, 15) is 10.2 Å². The highest BCUT2D eigenvalue weighted by Crippen LogP contribution is 2.56. The van der Waals surface area contributed by atoms with Gasteiger partial charge in [-0.05, 0) is 16.9 Å². The van der Waals surface area contributed by atoms with Crippen molar-refractivity contribution in [2.45, 2.75) is 52.5 Å². The van der Waals surface area contributed by atoms with Gasteiger partial charge >= 0.3 is 0 Å². The van der Waals surface area contributed by atoms with E-state index >= 15 is 0 Å². The fourth-order valence-corrected chi connectivity index (χ4v) is 3.35. The minimum Gasteiger partial charge on any atom is -0.509 e. The third-order valence-corrected chi connectivity index (χ3v) is 4.76. The summed E-state index contributed by atoms with van der Waals surface area (Å²) in [4.78, 5) is -1.00. The maximum absolute atomic E-state index is 10.2. The molecule has 1 rings (SSSR count). The Kier molecular flexibility index (Phi) is 3.91. The molecule has 1 aliphatic rings. The van der Waals surface area contributed by atoms with Crippen LogP contribution >= 0.6 is 23.2 Å². The first-order valence-electron chi connectivity index (χ1n) is 6.02. The van der Waals surface area contributed by atoms with Crippen molar-refractivity contribution in [3.05, 3.63) is 22.4 Å². The van der Waals surface area contributed by atoms with Gasteiger partial charge in [0.25, 0.3) is 0 Å². The number of rotatable bonds is 0. The maximum atomic E-state index is 10.2. The molecule has 0 saturated carbocycles. The van der Waals surface area contributed by atoms with Gasteiger partial charge < -0.3 is 10.2 Å². The Bertz CT molecular complexity index is 410. The van der Waals surface area contributed by atoms with Gasteiger partial charge in [0.2, 0.25) is 0 Å². The lowest BCUT2D eigenvalue weighted by atomic mass is 9.65. The van der Waals surface area contributed by atoms with Crippen LogP contribution in [0.3, 0.4) is 0 Å². The lowest BCUT2D eigenvalue weighted by molar-refractivity contribution is 0.165. The van der Waals surface area contributed by atoms with Crippen LogP contribution in [0, 0.1) is 10.8 Å². The van der Waals surface area contributed by atoms with Crippen LogP contribution in [0.15, 0.2) is 22.4 Å². The van der Waals surface area contributed by atoms with E-state index in [0.29, 0.717) is 10.6 Å². The van der Waals surface area contributed by atoms with Crippen molar-refractivity contribution in [1.29, 1.82) is 0 Å². The molecule has 104 valence electrons. The van der Waals surface area contributed by atoms with Crippen molar-refractivity contribution in [1.82, 2.24) is 0 Å². The molecule has 0 aliphatic heterocycles. The quantitative estimate of drug-likeness (QED) is 0.651. The van der Waals surface area contributed by atoms with Crippen LogP contribution in [-0.4, -0.2) is 21.2 Å². The Morgan fingerprint density at radius 3 is 1.94 bits per heavy atom. The average Bonchev–Trinajstić information content (AvgIpc) is 2.11. The Morgan fingerprint density at radius 1 is 1.17 bits per heavy atom. The normalized spacial score (nSPS) is 30.5. The van der Waals surface area contributed by atoms with E-state index < -0.39 is 21.8 Å². The molecule has 0 aromatic rings. The Hall–Kier alpha value is -0.180. The fraction of sp³-hybridized carbons (Fsp3) is 0.714. The summed E-state index contributed by atoms with van der Waals surface area (Å²) in [6, 6.07) is 0. The van der Waals surface area contributed by atoms with Gasteiger partial charge in [-0.25, -0.2) is 0 Å². The monoisotopic (exact) mass is 292 g/mol. The van der Waals surface area contributed by atoms with Crippen molar-refractivity contribution in [2.75, 3.05) is 0 Å². The van der Waals surface area contributed by atoms with E-state index in [1.807, 2.05) is 41.5 Å². The molecule has 0 bridgehead atoms. The number of aliphatic hydroxyl groups excluding tert-OH is 2. The van der Waals surface area contributed by atoms with Gasteiger partial charge in [-0.15, -0.1) is 11.6 Å². The largest absolute Gasteiger partial charge is 0.509 e. The molecule has 0 spiro atoms. The lowest BCUT2D eigenvalue weighted by Gasteiger charge is -2.48. The van der Waals surface area contributed by atoms with Crippen molar-refractivity contribution in [3.8, 4) is 0 Å². The zero-order valence-corrected chi connectivity index (χ0v) is 13.3. The molecule has 0 radical (unpaired) electrons. The standard InChI is InChI=1S/C14H22Cl2O2/c1-12(2,3)11-10(18)8(17)7-9(15)14(11,16)13(4,5)6/h7-8,17-18H,1-6H3. The van der Waals surface area contributed by atoms with Gasteiger partial charge in [0.15, 0.2) is 0 Å². The van der Waals surface area contributed by atoms with Gasteiger partial charge in [-0.3, -0.25) is 0 Å². The Balaban J connectivity index is 3.61. The molecule has 2 unspecified atom stereocenters. The molecule has 0 aromatic carbocycles. The minimum absolute atomic E-state index is 0.0863. The van der Waals surface area contributed by atoms with Crippen LogP contribution in [0.4, 0.5) is 0 Å². The second-order valence-corrected chi connectivity index (χ2v) is 7.85. The smallest absolute Gasteiger partial charge is 0.130 e. The molecule has 0 heterocycles. The van der Waals surface area contributed by atoms with Gasteiger partial charge in [0.05, 0.1) is 0 Å². The van der Waals surface area contributed by atoms with Crippen molar-refractivity contribution in [3.63, 3.8) is 0 Å². The maximum Gasteiger partial charge on any atom is 0.130 e. The van der Waals surface area contributed by atoms with E-state index in [-0.39, 0.29) is 5.76 Å². The van der Waals surface area contributed by atoms with E-state index in [4.69, 9.17) is 23.2 Å². The van der Waals surface area contributed by atoms with Crippen LogP contribution in [0.1, 0.15) is 41.5 Å². The summed E-state index contributed by atoms with van der Waals surface area (Å²) in [6.45, 7) is 11.7. The summed E-state index contributed by atoms with van der Waals surface area (Å²) in [5, 5.41) is 20.5. The minimum atomic E-state index is -1.08. The Labute approximate surface area is 119 Å². The molecule has 2 nitrogen and oxygen atoms in total. The predicted octanol–water partition coefficient (Wildman–Crippen LogP) is 4.37. The molecule has 4 heteroatoms. The van der Waals surface area contributed by atoms with E-state index in [1.54, 1.807) is 0 Å². The van der Waals surface area contributed by atoms with Crippen molar-refractivity contribution < 1.29 is 10.2 Å². The summed E-state index contributed by atoms with van der Waals surface area (Å²) >= 11 is 13.1. The molecule has 0 aromatic heterocycles. The molecule has 0 amide bonds. The summed E-state index contributed by atoms with van der Waals surface area (Å²) < 4.78 is 0. The molecular weight excluding hydrogens is 271 g/mol. The third kappa shape index (κ3) is 2.31. The first-order chi connectivity index (χ1) is 7.83. The molecule has 0 fully saturated rings. The average molecular weight is 293 g/mol. The summed E-state index contributed by atoms with van der Waals surface area (Å²) in [6.07, 6.45) is 0.325. The second kappa shape index (κ2) is 4.43. The van der Waals surface area contributed by atoms with E-state index in [0.717, 1.165) is 0 Å². The molecule has 2 N–H and O–H groups in total. The lowest BCUT2D eigenvalue weighted by Crippen LogP contribution is -2.47. The first kappa shape index (κ1) is 15.9. The number of hydrogen-bond acceptors (Lipinski definition) is 2. The van der Waals surface area contributed by atoms with Crippen LogP contribution < -0.4 is 0 Å². The fourth-order valence-electron chi connectivity index (χ4n) is 2.41. The van der Waals surface area contributed by atoms with Crippen molar-refractivity contribution >= 4 is 23.2 Å². The van der Waals surface area contributed by atoms with E-state index in [1.165, 1.54) is 6.08 Å². The SMILES string of the molecule is CC(C)(C)C1=C(O)C(O)C=C(Cl)C1(Cl)C(C)(C)C. The highest BCUT2D eigenvalue weighted by Gasteiger charge is 2.53. The third-order valence-electron chi connectivity index (χ3n) is 3.30. The topological polar surface area (TPSA) is 40.5 Å². The van der Waals surface area contributed by atoms with E-state index in [2.05, 4.69) is 0 Å². The van der Waals surface area contributed by atoms with Crippen LogP contribution in [0.25, 0.3) is 0 Å². The highest BCUT2D eigenvalue weighted by molar-refractivity contribution is 6.41. The number of allylic oxidation sites excluding steroid dienone is 2. The number of alkyl halides is 1. The molecule has 1 aliphatic carbocycles. The number of aliphatic hydroxyl groups is 2. The highest BCUT2D eigenvalue weighted by atomic mass is 35.5. The summed E-state index contributed by atoms with van der Waals surface area (Å²) in [5.74, 6) is -0.0863. The molecule has 18 heavy (non-hydrogen) atoms. The van der Waals surface area contributed by atoms with Crippen molar-refractivity contribution in [2.24, 2.45) is 10.8 Å². The van der Waals surface area contributed by atoms with Gasteiger partial charge in [-0.2, -0.15) is 0 Å². The van der Waals surface area contributed by atoms with Crippen LogP contribution in [0.5, 0.6) is 0 Å². The molecular formula is C14H22Cl2O2. The van der Waals surface area contributed by atoms with Crippen LogP contribution in [-0.2, 0) is 0 Å². The Morgan fingerprint density at radius 2 is 1.61 bits per heavy atom. The second-order valence-electron chi connectivity index (χ2n) is 6.88. The van der Waals surface area contributed by atoms with Gasteiger partial charge in [-0.1, -0.05) is 53.1 Å². The van der Waals surface area contributed by atoms with Gasteiger partial charge in [0.1, 0.15) is 16.7 Å². The predicted molar refractivity (Wildman–Crippen MR) is 77.1 cm³/mol. The number of hydrogen-bond donors (Lipinski definition) is 2.